The van der Waals surface area contributed by atoms with Gasteiger partial charge in [0.05, 0.1) is 6.42 Å². The van der Waals surface area contributed by atoms with Crippen molar-refractivity contribution in [1.29, 1.82) is 0 Å². The van der Waals surface area contributed by atoms with Crippen molar-refractivity contribution in [1.82, 2.24) is 10.9 Å². The maximum absolute atomic E-state index is 12.2. The summed E-state index contributed by atoms with van der Waals surface area (Å²) in [5.74, 6) is -0.128. The number of hydrogen-bond donors (Lipinski definition) is 3. The average Bonchev–Trinajstić information content (AvgIpc) is 2.56. The minimum Gasteiger partial charge on any atom is -0.331 e. The molecule has 2 aromatic rings. The molecule has 4 nitrogen and oxygen atoms in total. The third-order valence-electron chi connectivity index (χ3n) is 3.82. The molecular formula is C19H23N3OS2. The second kappa shape index (κ2) is 8.87. The van der Waals surface area contributed by atoms with Gasteiger partial charge in [0, 0.05) is 10.6 Å². The molecule has 0 heterocycles. The first-order valence-electron chi connectivity index (χ1n) is 7.95. The number of thiocarbonyl (C=S) groups is 1. The fourth-order valence-electron chi connectivity index (χ4n) is 2.68. The Balaban J connectivity index is 1.88. The molecule has 0 aliphatic carbocycles. The van der Waals surface area contributed by atoms with Gasteiger partial charge in [0.15, 0.2) is 5.11 Å². The van der Waals surface area contributed by atoms with Crippen molar-refractivity contribution < 1.29 is 4.79 Å². The number of hydrazine groups is 1. The molecule has 25 heavy (non-hydrogen) atoms. The molecule has 0 spiro atoms. The van der Waals surface area contributed by atoms with Crippen molar-refractivity contribution >= 4 is 40.7 Å². The predicted molar refractivity (Wildman–Crippen MR) is 110 cm³/mol. The van der Waals surface area contributed by atoms with Gasteiger partial charge in [-0.25, -0.2) is 0 Å². The van der Waals surface area contributed by atoms with Crippen LogP contribution in [0.25, 0.3) is 0 Å². The van der Waals surface area contributed by atoms with E-state index in [1.54, 1.807) is 11.8 Å². The van der Waals surface area contributed by atoms with Crippen LogP contribution in [0.2, 0.25) is 0 Å². The normalized spacial score (nSPS) is 10.2. The van der Waals surface area contributed by atoms with E-state index in [4.69, 9.17) is 12.2 Å². The molecule has 0 fully saturated rings. The second-order valence-corrected chi connectivity index (χ2v) is 7.20. The molecule has 2 rings (SSSR count). The first-order valence-corrected chi connectivity index (χ1v) is 9.59. The number of anilines is 1. The quantitative estimate of drug-likeness (QED) is 0.431. The Hall–Kier alpha value is -2.05. The van der Waals surface area contributed by atoms with Crippen LogP contribution in [0.5, 0.6) is 0 Å². The van der Waals surface area contributed by atoms with Crippen molar-refractivity contribution in [2.24, 2.45) is 0 Å². The van der Waals surface area contributed by atoms with Gasteiger partial charge in [0.1, 0.15) is 0 Å². The summed E-state index contributed by atoms with van der Waals surface area (Å²) < 4.78 is 0. The lowest BCUT2D eigenvalue weighted by atomic mass is 9.97. The molecule has 3 N–H and O–H groups in total. The van der Waals surface area contributed by atoms with Gasteiger partial charge in [-0.15, -0.1) is 11.8 Å². The molecule has 0 saturated heterocycles. The Morgan fingerprint density at radius 1 is 1.08 bits per heavy atom. The van der Waals surface area contributed by atoms with E-state index >= 15 is 0 Å². The number of thioether (sulfide) groups is 1. The number of benzene rings is 2. The van der Waals surface area contributed by atoms with Crippen LogP contribution in [0.1, 0.15) is 22.3 Å². The Morgan fingerprint density at radius 3 is 2.40 bits per heavy atom. The average molecular weight is 374 g/mol. The summed E-state index contributed by atoms with van der Waals surface area (Å²) in [6, 6.07) is 12.1. The summed E-state index contributed by atoms with van der Waals surface area (Å²) >= 11 is 6.88. The van der Waals surface area contributed by atoms with E-state index in [0.29, 0.717) is 11.5 Å². The molecular weight excluding hydrogens is 350 g/mol. The van der Waals surface area contributed by atoms with E-state index in [1.165, 1.54) is 5.56 Å². The van der Waals surface area contributed by atoms with Crippen LogP contribution < -0.4 is 16.2 Å². The van der Waals surface area contributed by atoms with Gasteiger partial charge >= 0.3 is 0 Å². The molecule has 0 aliphatic heterocycles. The van der Waals surface area contributed by atoms with Crippen LogP contribution in [0, 0.1) is 20.8 Å². The van der Waals surface area contributed by atoms with Crippen molar-refractivity contribution in [2.75, 3.05) is 11.6 Å². The molecule has 0 aliphatic rings. The van der Waals surface area contributed by atoms with Gasteiger partial charge in [-0.3, -0.25) is 15.6 Å². The molecule has 6 heteroatoms. The Bertz CT molecular complexity index is 767. The van der Waals surface area contributed by atoms with Gasteiger partial charge in [-0.1, -0.05) is 23.8 Å². The lowest BCUT2D eigenvalue weighted by Gasteiger charge is -2.14. The van der Waals surface area contributed by atoms with Crippen molar-refractivity contribution in [2.45, 2.75) is 32.1 Å². The highest BCUT2D eigenvalue weighted by molar-refractivity contribution is 7.98. The Kier molecular flexibility index (Phi) is 6.84. The molecule has 2 aromatic carbocycles. The topological polar surface area (TPSA) is 53.2 Å². The van der Waals surface area contributed by atoms with Crippen LogP contribution in [-0.2, 0) is 11.2 Å². The molecule has 132 valence electrons. The number of amides is 1. The lowest BCUT2D eigenvalue weighted by Crippen LogP contribution is -2.44. The van der Waals surface area contributed by atoms with E-state index in [9.17, 15) is 4.79 Å². The molecule has 0 aromatic heterocycles. The zero-order chi connectivity index (χ0) is 18.4. The minimum absolute atomic E-state index is 0.128. The summed E-state index contributed by atoms with van der Waals surface area (Å²) in [4.78, 5) is 13.3. The van der Waals surface area contributed by atoms with E-state index < -0.39 is 0 Å². The predicted octanol–water partition coefficient (Wildman–Crippen LogP) is 3.89. The minimum atomic E-state index is -0.128. The fraction of sp³-hybridized carbons (Fsp3) is 0.263. The summed E-state index contributed by atoms with van der Waals surface area (Å²) in [7, 11) is 0. The summed E-state index contributed by atoms with van der Waals surface area (Å²) in [5.41, 5.74) is 10.8. The molecule has 0 saturated carbocycles. The van der Waals surface area contributed by atoms with Gasteiger partial charge in [-0.05, 0) is 74.1 Å². The standard InChI is InChI=1S/C19H23N3OS2/c1-12-8-13(2)17(14(3)9-12)11-18(23)21-22-19(24)20-15-6-5-7-16(10-15)25-4/h5-10H,11H2,1-4H3,(H,21,23)(H2,20,22,24). The van der Waals surface area contributed by atoms with Gasteiger partial charge in [0.25, 0.3) is 0 Å². The van der Waals surface area contributed by atoms with Crippen molar-refractivity contribution in [3.8, 4) is 0 Å². The largest absolute Gasteiger partial charge is 0.331 e. The summed E-state index contributed by atoms with van der Waals surface area (Å²) in [6.07, 6.45) is 2.33. The maximum Gasteiger partial charge on any atom is 0.242 e. The van der Waals surface area contributed by atoms with Crippen LogP contribution in [-0.4, -0.2) is 17.3 Å². The SMILES string of the molecule is CSc1cccc(NC(=S)NNC(=O)Cc2c(C)cc(C)cc2C)c1. The van der Waals surface area contributed by atoms with Crippen LogP contribution in [0.15, 0.2) is 41.3 Å². The highest BCUT2D eigenvalue weighted by Crippen LogP contribution is 2.19. The van der Waals surface area contributed by atoms with Crippen LogP contribution in [0.3, 0.4) is 0 Å². The third-order valence-corrected chi connectivity index (χ3v) is 4.75. The highest BCUT2D eigenvalue weighted by Gasteiger charge is 2.10. The number of rotatable bonds is 4. The number of carbonyl (C=O) groups is 1. The summed E-state index contributed by atoms with van der Waals surface area (Å²) in [6.45, 7) is 6.11. The maximum atomic E-state index is 12.2. The summed E-state index contributed by atoms with van der Waals surface area (Å²) in [5, 5.41) is 3.41. The van der Waals surface area contributed by atoms with Crippen molar-refractivity contribution in [3.63, 3.8) is 0 Å². The highest BCUT2D eigenvalue weighted by atomic mass is 32.2. The first kappa shape index (κ1) is 19.3. The molecule has 0 unspecified atom stereocenters. The molecule has 0 bridgehead atoms. The zero-order valence-electron chi connectivity index (χ0n) is 14.9. The second-order valence-electron chi connectivity index (χ2n) is 5.91. The Labute approximate surface area is 158 Å². The van der Waals surface area contributed by atoms with Gasteiger partial charge in [-0.2, -0.15) is 0 Å². The van der Waals surface area contributed by atoms with Gasteiger partial charge < -0.3 is 5.32 Å². The number of hydrogen-bond acceptors (Lipinski definition) is 3. The van der Waals surface area contributed by atoms with Crippen molar-refractivity contribution in [3.05, 3.63) is 58.7 Å². The first-order chi connectivity index (χ1) is 11.9. The third kappa shape index (κ3) is 5.76. The molecule has 1 amide bonds. The van der Waals surface area contributed by atoms with E-state index in [-0.39, 0.29) is 5.91 Å². The van der Waals surface area contributed by atoms with E-state index in [0.717, 1.165) is 27.3 Å². The van der Waals surface area contributed by atoms with E-state index in [2.05, 4.69) is 35.2 Å². The zero-order valence-corrected chi connectivity index (χ0v) is 16.5. The monoisotopic (exact) mass is 373 g/mol. The van der Waals surface area contributed by atoms with E-state index in [1.807, 2.05) is 44.4 Å². The molecule has 0 radical (unpaired) electrons. The smallest absolute Gasteiger partial charge is 0.242 e. The lowest BCUT2D eigenvalue weighted by molar-refractivity contribution is -0.121. The Morgan fingerprint density at radius 2 is 1.76 bits per heavy atom. The fourth-order valence-corrected chi connectivity index (χ4v) is 3.31. The van der Waals surface area contributed by atoms with Crippen LogP contribution >= 0.6 is 24.0 Å². The van der Waals surface area contributed by atoms with Crippen LogP contribution in [0.4, 0.5) is 5.69 Å². The van der Waals surface area contributed by atoms with Gasteiger partial charge in [0.2, 0.25) is 5.91 Å². The number of nitrogens with one attached hydrogen (secondary N) is 3. The molecule has 0 atom stereocenters. The number of carbonyl (C=O) groups excluding carboxylic acids is 1. The number of aryl methyl sites for hydroxylation is 3.